The first-order valence-corrected chi connectivity index (χ1v) is 12.6. The fourth-order valence-electron chi connectivity index (χ4n) is 5.23. The SMILES string of the molecule is Clc1ccc2[nH]c3c(c2c1)CCNC3c1ccc(OCCCCCCN2CCCC2)cc1. The molecule has 1 unspecified atom stereocenters. The number of hydrogen-bond acceptors (Lipinski definition) is 3. The Balaban J connectivity index is 1.12. The summed E-state index contributed by atoms with van der Waals surface area (Å²) >= 11 is 6.25. The Morgan fingerprint density at radius 1 is 0.969 bits per heavy atom. The maximum atomic E-state index is 6.25. The van der Waals surface area contributed by atoms with Crippen molar-refractivity contribution in [2.45, 2.75) is 51.0 Å². The van der Waals surface area contributed by atoms with Crippen LogP contribution in [0.2, 0.25) is 5.02 Å². The Morgan fingerprint density at radius 2 is 1.78 bits per heavy atom. The molecule has 2 aromatic carbocycles. The van der Waals surface area contributed by atoms with E-state index in [1.165, 1.54) is 73.9 Å². The van der Waals surface area contributed by atoms with Crippen LogP contribution in [0.4, 0.5) is 0 Å². The Labute approximate surface area is 196 Å². The lowest BCUT2D eigenvalue weighted by Crippen LogP contribution is -2.30. The van der Waals surface area contributed by atoms with Crippen LogP contribution in [-0.2, 0) is 6.42 Å². The summed E-state index contributed by atoms with van der Waals surface area (Å²) in [6.07, 6.45) is 8.82. The van der Waals surface area contributed by atoms with Gasteiger partial charge >= 0.3 is 0 Å². The highest BCUT2D eigenvalue weighted by Gasteiger charge is 2.25. The predicted molar refractivity (Wildman–Crippen MR) is 133 cm³/mol. The Hall–Kier alpha value is -2.01. The van der Waals surface area contributed by atoms with Gasteiger partial charge < -0.3 is 19.9 Å². The molecule has 32 heavy (non-hydrogen) atoms. The average Bonchev–Trinajstić information content (AvgIpc) is 3.46. The maximum Gasteiger partial charge on any atom is 0.119 e. The number of ether oxygens (including phenoxy) is 1. The van der Waals surface area contributed by atoms with Crippen molar-refractivity contribution in [3.05, 3.63) is 64.3 Å². The van der Waals surface area contributed by atoms with Crippen LogP contribution in [0.25, 0.3) is 10.9 Å². The molecule has 0 amide bonds. The van der Waals surface area contributed by atoms with Gasteiger partial charge in [-0.3, -0.25) is 0 Å². The third kappa shape index (κ3) is 4.98. The smallest absolute Gasteiger partial charge is 0.119 e. The standard InChI is InChI=1S/C27H34ClN3O/c28-21-9-12-25-24(19-21)23-13-14-29-26(27(23)30-25)20-7-10-22(11-8-20)32-18-6-2-1-3-15-31-16-4-5-17-31/h7-12,19,26,29-30H,1-6,13-18H2. The second-order valence-electron chi connectivity index (χ2n) is 9.22. The normalized spacial score (nSPS) is 18.8. The van der Waals surface area contributed by atoms with Crippen molar-refractivity contribution >= 4 is 22.5 Å². The van der Waals surface area contributed by atoms with Crippen LogP contribution in [0.1, 0.15) is 61.4 Å². The van der Waals surface area contributed by atoms with E-state index in [1.807, 2.05) is 6.07 Å². The Kier molecular flexibility index (Phi) is 7.01. The molecule has 2 aliphatic heterocycles. The summed E-state index contributed by atoms with van der Waals surface area (Å²) in [5.74, 6) is 0.963. The molecular weight excluding hydrogens is 418 g/mol. The van der Waals surface area contributed by atoms with Crippen LogP contribution in [0.3, 0.4) is 0 Å². The minimum Gasteiger partial charge on any atom is -0.494 e. The summed E-state index contributed by atoms with van der Waals surface area (Å²) in [6.45, 7) is 5.67. The number of halogens is 1. The van der Waals surface area contributed by atoms with E-state index in [9.17, 15) is 0 Å². The number of benzene rings is 2. The van der Waals surface area contributed by atoms with Gasteiger partial charge in [0.1, 0.15) is 5.75 Å². The number of nitrogens with zero attached hydrogens (tertiary/aromatic N) is 1. The van der Waals surface area contributed by atoms with Crippen LogP contribution in [0, 0.1) is 0 Å². The van der Waals surface area contributed by atoms with Crippen molar-refractivity contribution in [1.82, 2.24) is 15.2 Å². The van der Waals surface area contributed by atoms with Gasteiger partial charge in [-0.15, -0.1) is 0 Å². The number of hydrogen-bond donors (Lipinski definition) is 2. The van der Waals surface area contributed by atoms with Crippen molar-refractivity contribution in [3.63, 3.8) is 0 Å². The van der Waals surface area contributed by atoms with E-state index in [4.69, 9.17) is 16.3 Å². The van der Waals surface area contributed by atoms with E-state index in [0.717, 1.165) is 42.3 Å². The fourth-order valence-corrected chi connectivity index (χ4v) is 5.40. The molecule has 4 nitrogen and oxygen atoms in total. The van der Waals surface area contributed by atoms with Gasteiger partial charge in [-0.25, -0.2) is 0 Å². The fraction of sp³-hybridized carbons (Fsp3) is 0.481. The zero-order chi connectivity index (χ0) is 21.8. The lowest BCUT2D eigenvalue weighted by Gasteiger charge is -2.25. The van der Waals surface area contributed by atoms with Gasteiger partial charge in [0.2, 0.25) is 0 Å². The quantitative estimate of drug-likeness (QED) is 0.386. The summed E-state index contributed by atoms with van der Waals surface area (Å²) in [5, 5.41) is 5.71. The molecule has 0 aliphatic carbocycles. The van der Waals surface area contributed by atoms with Gasteiger partial charge in [-0.05, 0) is 93.2 Å². The molecule has 170 valence electrons. The number of aromatic amines is 1. The number of nitrogens with one attached hydrogen (secondary N) is 2. The number of H-pyrrole nitrogens is 1. The van der Waals surface area contributed by atoms with E-state index >= 15 is 0 Å². The number of likely N-dealkylation sites (tertiary alicyclic amines) is 1. The minimum atomic E-state index is 0.176. The van der Waals surface area contributed by atoms with Gasteiger partial charge in [0.15, 0.2) is 0 Å². The van der Waals surface area contributed by atoms with Gasteiger partial charge in [0, 0.05) is 28.2 Å². The van der Waals surface area contributed by atoms with E-state index in [2.05, 4.69) is 51.6 Å². The predicted octanol–water partition coefficient (Wildman–Crippen LogP) is 6.09. The molecule has 5 heteroatoms. The van der Waals surface area contributed by atoms with Gasteiger partial charge in [-0.2, -0.15) is 0 Å². The topological polar surface area (TPSA) is 40.3 Å². The van der Waals surface area contributed by atoms with Crippen molar-refractivity contribution in [2.75, 3.05) is 32.8 Å². The van der Waals surface area contributed by atoms with E-state index < -0.39 is 0 Å². The molecule has 0 bridgehead atoms. The van der Waals surface area contributed by atoms with Crippen molar-refractivity contribution in [1.29, 1.82) is 0 Å². The molecule has 1 atom stereocenters. The van der Waals surface area contributed by atoms with Crippen LogP contribution in [0.15, 0.2) is 42.5 Å². The number of rotatable bonds is 9. The van der Waals surface area contributed by atoms with Crippen LogP contribution >= 0.6 is 11.6 Å². The Morgan fingerprint density at radius 3 is 2.62 bits per heavy atom. The molecular formula is C27H34ClN3O. The average molecular weight is 452 g/mol. The van der Waals surface area contributed by atoms with Gasteiger partial charge in [0.05, 0.1) is 12.6 Å². The first-order chi connectivity index (χ1) is 15.8. The van der Waals surface area contributed by atoms with Crippen molar-refractivity contribution in [3.8, 4) is 5.75 Å². The summed E-state index contributed by atoms with van der Waals surface area (Å²) in [4.78, 5) is 6.23. The van der Waals surface area contributed by atoms with Crippen LogP contribution in [-0.4, -0.2) is 42.7 Å². The van der Waals surface area contributed by atoms with Crippen molar-refractivity contribution in [2.24, 2.45) is 0 Å². The molecule has 1 aromatic heterocycles. The largest absolute Gasteiger partial charge is 0.494 e. The number of fused-ring (bicyclic) bond motifs is 3. The summed E-state index contributed by atoms with van der Waals surface area (Å²) in [6, 6.07) is 14.9. The zero-order valence-corrected chi connectivity index (χ0v) is 19.6. The Bertz CT molecular complexity index is 1020. The van der Waals surface area contributed by atoms with E-state index in [-0.39, 0.29) is 6.04 Å². The van der Waals surface area contributed by atoms with Crippen LogP contribution < -0.4 is 10.1 Å². The van der Waals surface area contributed by atoms with Gasteiger partial charge in [0.25, 0.3) is 0 Å². The van der Waals surface area contributed by atoms with E-state index in [0.29, 0.717) is 0 Å². The molecule has 2 aliphatic rings. The monoisotopic (exact) mass is 451 g/mol. The molecule has 5 rings (SSSR count). The van der Waals surface area contributed by atoms with Gasteiger partial charge in [-0.1, -0.05) is 36.6 Å². The zero-order valence-electron chi connectivity index (χ0n) is 18.8. The molecule has 0 spiro atoms. The molecule has 3 heterocycles. The van der Waals surface area contributed by atoms with Crippen molar-refractivity contribution < 1.29 is 4.74 Å². The molecule has 3 aromatic rings. The summed E-state index contributed by atoms with van der Waals surface area (Å²) in [5.41, 5.74) is 5.07. The highest BCUT2D eigenvalue weighted by atomic mass is 35.5. The number of aromatic nitrogens is 1. The lowest BCUT2D eigenvalue weighted by molar-refractivity contribution is 0.296. The first kappa shape index (κ1) is 21.8. The second-order valence-corrected chi connectivity index (χ2v) is 9.66. The third-order valence-electron chi connectivity index (χ3n) is 6.96. The molecule has 1 saturated heterocycles. The third-order valence-corrected chi connectivity index (χ3v) is 7.20. The number of unbranched alkanes of at least 4 members (excludes halogenated alkanes) is 3. The lowest BCUT2D eigenvalue weighted by atomic mass is 9.94. The molecule has 0 radical (unpaired) electrons. The van der Waals surface area contributed by atoms with Crippen LogP contribution in [0.5, 0.6) is 5.75 Å². The minimum absolute atomic E-state index is 0.176. The highest BCUT2D eigenvalue weighted by Crippen LogP contribution is 2.35. The first-order valence-electron chi connectivity index (χ1n) is 12.3. The summed E-state index contributed by atoms with van der Waals surface area (Å²) < 4.78 is 6.01. The van der Waals surface area contributed by atoms with E-state index in [1.54, 1.807) is 0 Å². The summed E-state index contributed by atoms with van der Waals surface area (Å²) in [7, 11) is 0. The highest BCUT2D eigenvalue weighted by molar-refractivity contribution is 6.31. The second kappa shape index (κ2) is 10.3. The molecule has 0 saturated carbocycles. The molecule has 2 N–H and O–H groups in total. The maximum absolute atomic E-state index is 6.25. The molecule has 1 fully saturated rings.